The first kappa shape index (κ1) is 10.8. The molecule has 2 nitrogen and oxygen atoms in total. The van der Waals surface area contributed by atoms with Gasteiger partial charge in [-0.3, -0.25) is 0 Å². The largest absolute Gasteiger partial charge is 0.464 e. The summed E-state index contributed by atoms with van der Waals surface area (Å²) in [5, 5.41) is 4.95. The van der Waals surface area contributed by atoms with Crippen molar-refractivity contribution in [1.29, 1.82) is 0 Å². The lowest BCUT2D eigenvalue weighted by molar-refractivity contribution is 0.512. The van der Waals surface area contributed by atoms with Crippen molar-refractivity contribution in [2.45, 2.75) is 44.7 Å². The summed E-state index contributed by atoms with van der Waals surface area (Å²) in [6, 6.07) is 9.54. The summed E-state index contributed by atoms with van der Waals surface area (Å²) in [6.45, 7) is 4.52. The highest BCUT2D eigenvalue weighted by Gasteiger charge is 2.32. The molecule has 1 aromatic carbocycles. The van der Waals surface area contributed by atoms with Crippen LogP contribution in [0.25, 0.3) is 11.0 Å². The summed E-state index contributed by atoms with van der Waals surface area (Å²) in [5.74, 6) is 0.596. The van der Waals surface area contributed by atoms with E-state index in [0.717, 1.165) is 5.58 Å². The number of hydrogen-bond donors (Lipinski definition) is 1. The van der Waals surface area contributed by atoms with Gasteiger partial charge in [0.1, 0.15) is 5.58 Å². The van der Waals surface area contributed by atoms with Gasteiger partial charge in [0, 0.05) is 29.0 Å². The number of benzene rings is 1. The molecular weight excluding hydrogens is 210 g/mol. The van der Waals surface area contributed by atoms with Crippen LogP contribution in [0.2, 0.25) is 0 Å². The van der Waals surface area contributed by atoms with Crippen LogP contribution in [0, 0.1) is 0 Å². The van der Waals surface area contributed by atoms with Gasteiger partial charge in [0.25, 0.3) is 0 Å². The summed E-state index contributed by atoms with van der Waals surface area (Å²) in [7, 11) is 0. The van der Waals surface area contributed by atoms with Gasteiger partial charge in [-0.1, -0.05) is 25.1 Å². The molecule has 0 bridgehead atoms. The Morgan fingerprint density at radius 2 is 2.18 bits per heavy atom. The topological polar surface area (TPSA) is 25.2 Å². The average Bonchev–Trinajstić information content (AvgIpc) is 2.91. The van der Waals surface area contributed by atoms with Crippen LogP contribution >= 0.6 is 0 Å². The monoisotopic (exact) mass is 229 g/mol. The van der Waals surface area contributed by atoms with E-state index in [4.69, 9.17) is 4.42 Å². The summed E-state index contributed by atoms with van der Waals surface area (Å²) in [5.41, 5.74) is 2.39. The maximum atomic E-state index is 5.66. The van der Waals surface area contributed by atoms with Crippen LogP contribution in [0.4, 0.5) is 0 Å². The zero-order valence-electron chi connectivity index (χ0n) is 10.4. The molecule has 1 fully saturated rings. The standard InChI is InChI=1S/C15H19NO/c1-3-14-12(8-10(2)16-14)13-9-17-15-7-5-4-6-11(13)15/h4-7,9-10,12,14,16H,3,8H2,1-2H3. The van der Waals surface area contributed by atoms with E-state index in [1.54, 1.807) is 0 Å². The van der Waals surface area contributed by atoms with Gasteiger partial charge in [-0.05, 0) is 25.8 Å². The predicted molar refractivity (Wildman–Crippen MR) is 70.2 cm³/mol. The lowest BCUT2D eigenvalue weighted by atomic mass is 9.89. The molecule has 1 aliphatic heterocycles. The van der Waals surface area contributed by atoms with Gasteiger partial charge in [0.2, 0.25) is 0 Å². The van der Waals surface area contributed by atoms with Gasteiger partial charge < -0.3 is 9.73 Å². The fourth-order valence-electron chi connectivity index (χ4n) is 3.13. The lowest BCUT2D eigenvalue weighted by Crippen LogP contribution is -2.28. The van der Waals surface area contributed by atoms with Crippen molar-refractivity contribution in [3.8, 4) is 0 Å². The van der Waals surface area contributed by atoms with Crippen LogP contribution in [0.3, 0.4) is 0 Å². The molecule has 17 heavy (non-hydrogen) atoms. The van der Waals surface area contributed by atoms with Gasteiger partial charge in [-0.25, -0.2) is 0 Å². The van der Waals surface area contributed by atoms with Gasteiger partial charge >= 0.3 is 0 Å². The minimum Gasteiger partial charge on any atom is -0.464 e. The lowest BCUT2D eigenvalue weighted by Gasteiger charge is -2.16. The molecular formula is C15H19NO. The molecule has 1 aliphatic rings. The number of hydrogen-bond acceptors (Lipinski definition) is 2. The van der Waals surface area contributed by atoms with E-state index in [0.29, 0.717) is 18.0 Å². The molecule has 0 aliphatic carbocycles. The quantitative estimate of drug-likeness (QED) is 0.849. The van der Waals surface area contributed by atoms with E-state index in [-0.39, 0.29) is 0 Å². The summed E-state index contributed by atoms with van der Waals surface area (Å²) < 4.78 is 5.66. The van der Waals surface area contributed by atoms with Gasteiger partial charge in [-0.2, -0.15) is 0 Å². The van der Waals surface area contributed by atoms with Crippen molar-refractivity contribution < 1.29 is 4.42 Å². The molecule has 3 rings (SSSR count). The highest BCUT2D eigenvalue weighted by molar-refractivity contribution is 5.81. The molecule has 3 unspecified atom stereocenters. The second-order valence-corrected chi connectivity index (χ2v) is 5.11. The minimum atomic E-state index is 0.589. The van der Waals surface area contributed by atoms with E-state index in [9.17, 15) is 0 Å². The van der Waals surface area contributed by atoms with Crippen molar-refractivity contribution in [2.75, 3.05) is 0 Å². The molecule has 2 heteroatoms. The zero-order chi connectivity index (χ0) is 11.8. The third-order valence-electron chi connectivity index (χ3n) is 3.94. The first-order valence-electron chi connectivity index (χ1n) is 6.51. The number of rotatable bonds is 2. The number of para-hydroxylation sites is 1. The van der Waals surface area contributed by atoms with Gasteiger partial charge in [-0.15, -0.1) is 0 Å². The Kier molecular flexibility index (Phi) is 2.67. The minimum absolute atomic E-state index is 0.589. The molecule has 3 atom stereocenters. The molecule has 1 N–H and O–H groups in total. The number of nitrogens with one attached hydrogen (secondary N) is 1. The highest BCUT2D eigenvalue weighted by atomic mass is 16.3. The number of furan rings is 1. The smallest absolute Gasteiger partial charge is 0.134 e. The van der Waals surface area contributed by atoms with Crippen LogP contribution in [0.1, 0.15) is 38.2 Å². The van der Waals surface area contributed by atoms with Crippen LogP contribution in [0.15, 0.2) is 34.9 Å². The van der Waals surface area contributed by atoms with Crippen LogP contribution in [-0.4, -0.2) is 12.1 Å². The maximum Gasteiger partial charge on any atom is 0.134 e. The van der Waals surface area contributed by atoms with Crippen molar-refractivity contribution in [2.24, 2.45) is 0 Å². The van der Waals surface area contributed by atoms with Crippen molar-refractivity contribution >= 4 is 11.0 Å². The SMILES string of the molecule is CCC1NC(C)CC1c1coc2ccccc12. The van der Waals surface area contributed by atoms with Crippen molar-refractivity contribution in [1.82, 2.24) is 5.32 Å². The van der Waals surface area contributed by atoms with E-state index >= 15 is 0 Å². The summed E-state index contributed by atoms with van der Waals surface area (Å²) in [4.78, 5) is 0. The summed E-state index contributed by atoms with van der Waals surface area (Å²) >= 11 is 0. The fourth-order valence-corrected chi connectivity index (χ4v) is 3.13. The molecule has 0 spiro atoms. The van der Waals surface area contributed by atoms with E-state index in [1.807, 2.05) is 18.4 Å². The van der Waals surface area contributed by atoms with E-state index in [1.165, 1.54) is 23.8 Å². The van der Waals surface area contributed by atoms with Gasteiger partial charge in [0.15, 0.2) is 0 Å². The molecule has 2 heterocycles. The molecule has 1 aromatic heterocycles. The third kappa shape index (κ3) is 1.77. The molecule has 90 valence electrons. The Morgan fingerprint density at radius 3 is 3.00 bits per heavy atom. The maximum absolute atomic E-state index is 5.66. The van der Waals surface area contributed by atoms with Gasteiger partial charge in [0.05, 0.1) is 6.26 Å². The normalized spacial score (nSPS) is 28.9. The Hall–Kier alpha value is -1.28. The van der Waals surface area contributed by atoms with E-state index < -0.39 is 0 Å². The Bertz CT molecular complexity index is 516. The molecule has 2 aromatic rings. The zero-order valence-corrected chi connectivity index (χ0v) is 10.4. The molecule has 0 amide bonds. The second-order valence-electron chi connectivity index (χ2n) is 5.11. The predicted octanol–water partition coefficient (Wildman–Crippen LogP) is 3.68. The summed E-state index contributed by atoms with van der Waals surface area (Å²) in [6.07, 6.45) is 4.34. The Morgan fingerprint density at radius 1 is 1.35 bits per heavy atom. The average molecular weight is 229 g/mol. The van der Waals surface area contributed by atoms with Crippen LogP contribution < -0.4 is 5.32 Å². The first-order chi connectivity index (χ1) is 8.29. The molecule has 0 radical (unpaired) electrons. The van der Waals surface area contributed by atoms with Crippen molar-refractivity contribution in [3.05, 3.63) is 36.1 Å². The Labute approximate surface area is 102 Å². The fraction of sp³-hybridized carbons (Fsp3) is 0.467. The van der Waals surface area contributed by atoms with E-state index in [2.05, 4.69) is 31.3 Å². The third-order valence-corrected chi connectivity index (χ3v) is 3.94. The second kappa shape index (κ2) is 4.19. The van der Waals surface area contributed by atoms with Crippen LogP contribution in [-0.2, 0) is 0 Å². The Balaban J connectivity index is 2.03. The van der Waals surface area contributed by atoms with Crippen molar-refractivity contribution in [3.63, 3.8) is 0 Å². The number of fused-ring (bicyclic) bond motifs is 1. The molecule has 1 saturated heterocycles. The first-order valence-corrected chi connectivity index (χ1v) is 6.51. The molecule has 0 saturated carbocycles. The highest BCUT2D eigenvalue weighted by Crippen LogP contribution is 2.37. The van der Waals surface area contributed by atoms with Crippen LogP contribution in [0.5, 0.6) is 0 Å².